The molecule has 0 aromatic heterocycles. The van der Waals surface area contributed by atoms with Crippen molar-refractivity contribution < 1.29 is 4.74 Å². The highest BCUT2D eigenvalue weighted by molar-refractivity contribution is 5.93. The minimum Gasteiger partial charge on any atom is -0.457 e. The number of hydrogen-bond acceptors (Lipinski definition) is 2. The van der Waals surface area contributed by atoms with E-state index in [9.17, 15) is 0 Å². The van der Waals surface area contributed by atoms with Crippen molar-refractivity contribution in [1.82, 2.24) is 0 Å². The summed E-state index contributed by atoms with van der Waals surface area (Å²) in [7, 11) is 0. The first kappa shape index (κ1) is 34.6. The maximum Gasteiger partial charge on any atom is 0.132 e. The van der Waals surface area contributed by atoms with Crippen LogP contribution in [0.3, 0.4) is 0 Å². The SMILES string of the molecule is CC1(C)c2ccccc2-c2ccc(N(c3ccccc3)c3ccc4c(c3)C3(c5ccc(-c6ccccc6)cc5Oc5cc(-c6ccccc6)ccc53)c3ccccc3-4)cc21. The van der Waals surface area contributed by atoms with Crippen LogP contribution < -0.4 is 9.64 Å². The Hall–Kier alpha value is -7.42. The van der Waals surface area contributed by atoms with Gasteiger partial charge in [-0.25, -0.2) is 0 Å². The fourth-order valence-electron chi connectivity index (χ4n) is 10.6. The lowest BCUT2D eigenvalue weighted by Gasteiger charge is -2.40. The van der Waals surface area contributed by atoms with Gasteiger partial charge in [0.1, 0.15) is 11.5 Å². The molecule has 284 valence electrons. The van der Waals surface area contributed by atoms with E-state index in [4.69, 9.17) is 4.74 Å². The van der Waals surface area contributed by atoms with Crippen molar-refractivity contribution in [2.45, 2.75) is 24.7 Å². The molecule has 9 aromatic rings. The molecule has 0 saturated heterocycles. The van der Waals surface area contributed by atoms with Crippen LogP contribution in [-0.4, -0.2) is 0 Å². The summed E-state index contributed by atoms with van der Waals surface area (Å²) in [4.78, 5) is 2.44. The van der Waals surface area contributed by atoms with E-state index in [2.05, 4.69) is 231 Å². The summed E-state index contributed by atoms with van der Waals surface area (Å²) >= 11 is 0. The van der Waals surface area contributed by atoms with Crippen molar-refractivity contribution in [2.24, 2.45) is 0 Å². The van der Waals surface area contributed by atoms with Gasteiger partial charge in [-0.1, -0.05) is 178 Å². The highest BCUT2D eigenvalue weighted by Gasteiger charge is 2.51. The van der Waals surface area contributed by atoms with Crippen LogP contribution in [0.15, 0.2) is 212 Å². The molecule has 3 aliphatic rings. The Labute approximate surface area is 351 Å². The van der Waals surface area contributed by atoms with Gasteiger partial charge < -0.3 is 9.64 Å². The Balaban J connectivity index is 1.11. The molecule has 0 N–H and O–H groups in total. The molecule has 1 spiro atoms. The molecule has 2 nitrogen and oxygen atoms in total. The first-order valence-corrected chi connectivity index (χ1v) is 20.9. The van der Waals surface area contributed by atoms with Gasteiger partial charge >= 0.3 is 0 Å². The molecular formula is C58H41NO. The number of benzene rings is 9. The number of rotatable bonds is 5. The predicted octanol–water partition coefficient (Wildman–Crippen LogP) is 15.3. The number of anilines is 3. The minimum absolute atomic E-state index is 0.124. The van der Waals surface area contributed by atoms with Crippen molar-refractivity contribution >= 4 is 17.1 Å². The Morgan fingerprint density at radius 1 is 0.317 bits per heavy atom. The number of fused-ring (bicyclic) bond motifs is 12. The maximum absolute atomic E-state index is 7.11. The number of ether oxygens (including phenoxy) is 1. The van der Waals surface area contributed by atoms with E-state index < -0.39 is 5.41 Å². The number of para-hydroxylation sites is 1. The van der Waals surface area contributed by atoms with Gasteiger partial charge in [0, 0.05) is 33.6 Å². The molecule has 60 heavy (non-hydrogen) atoms. The van der Waals surface area contributed by atoms with E-state index in [1.807, 2.05) is 0 Å². The summed E-state index contributed by atoms with van der Waals surface area (Å²) < 4.78 is 7.11. The van der Waals surface area contributed by atoms with E-state index in [0.717, 1.165) is 61.9 Å². The number of nitrogens with zero attached hydrogens (tertiary/aromatic N) is 1. The zero-order chi connectivity index (χ0) is 40.0. The van der Waals surface area contributed by atoms with Gasteiger partial charge in [0.15, 0.2) is 0 Å². The van der Waals surface area contributed by atoms with Crippen molar-refractivity contribution in [3.63, 3.8) is 0 Å². The molecule has 2 heteroatoms. The monoisotopic (exact) mass is 767 g/mol. The predicted molar refractivity (Wildman–Crippen MR) is 247 cm³/mol. The van der Waals surface area contributed by atoms with Crippen molar-refractivity contribution in [1.29, 1.82) is 0 Å². The van der Waals surface area contributed by atoms with Crippen LogP contribution in [0.4, 0.5) is 17.1 Å². The van der Waals surface area contributed by atoms with Gasteiger partial charge in [-0.15, -0.1) is 0 Å². The van der Waals surface area contributed by atoms with Gasteiger partial charge in [0.2, 0.25) is 0 Å². The van der Waals surface area contributed by atoms with E-state index in [1.54, 1.807) is 0 Å². The normalized spacial score (nSPS) is 14.2. The fourth-order valence-corrected chi connectivity index (χ4v) is 10.6. The molecule has 0 atom stereocenters. The zero-order valence-electron chi connectivity index (χ0n) is 33.6. The van der Waals surface area contributed by atoms with Gasteiger partial charge in [0.05, 0.1) is 5.41 Å². The molecule has 12 rings (SSSR count). The van der Waals surface area contributed by atoms with Crippen LogP contribution in [0.2, 0.25) is 0 Å². The zero-order valence-corrected chi connectivity index (χ0v) is 33.6. The lowest BCUT2D eigenvalue weighted by Crippen LogP contribution is -2.32. The molecule has 2 aliphatic carbocycles. The average molecular weight is 768 g/mol. The molecule has 0 bridgehead atoms. The molecule has 0 saturated carbocycles. The van der Waals surface area contributed by atoms with E-state index in [1.165, 1.54) is 44.5 Å². The highest BCUT2D eigenvalue weighted by atomic mass is 16.5. The van der Waals surface area contributed by atoms with Crippen LogP contribution in [0.5, 0.6) is 11.5 Å². The number of hydrogen-bond donors (Lipinski definition) is 0. The molecule has 0 radical (unpaired) electrons. The quantitative estimate of drug-likeness (QED) is 0.173. The van der Waals surface area contributed by atoms with Crippen LogP contribution >= 0.6 is 0 Å². The van der Waals surface area contributed by atoms with Gasteiger partial charge in [-0.2, -0.15) is 0 Å². The van der Waals surface area contributed by atoms with Crippen LogP contribution in [-0.2, 0) is 10.8 Å². The second-order valence-electron chi connectivity index (χ2n) is 16.9. The summed E-state index contributed by atoms with van der Waals surface area (Å²) in [6, 6.07) is 77.8. The minimum atomic E-state index is -0.640. The van der Waals surface area contributed by atoms with Crippen LogP contribution in [0, 0.1) is 0 Å². The van der Waals surface area contributed by atoms with Gasteiger partial charge in [-0.3, -0.25) is 0 Å². The van der Waals surface area contributed by atoms with Crippen molar-refractivity contribution in [2.75, 3.05) is 4.90 Å². The largest absolute Gasteiger partial charge is 0.457 e. The maximum atomic E-state index is 7.11. The lowest BCUT2D eigenvalue weighted by molar-refractivity contribution is 0.437. The summed E-state index contributed by atoms with van der Waals surface area (Å²) in [5.74, 6) is 1.75. The van der Waals surface area contributed by atoms with E-state index >= 15 is 0 Å². The van der Waals surface area contributed by atoms with Gasteiger partial charge in [0.25, 0.3) is 0 Å². The smallest absolute Gasteiger partial charge is 0.132 e. The third-order valence-corrected chi connectivity index (χ3v) is 13.3. The lowest BCUT2D eigenvalue weighted by atomic mass is 9.65. The highest BCUT2D eigenvalue weighted by Crippen LogP contribution is 2.63. The summed E-state index contributed by atoms with van der Waals surface area (Å²) in [6.45, 7) is 4.72. The third-order valence-electron chi connectivity index (χ3n) is 13.3. The Kier molecular flexibility index (Phi) is 7.52. The molecule has 1 aliphatic heterocycles. The first-order chi connectivity index (χ1) is 29.5. The molecule has 0 fully saturated rings. The van der Waals surface area contributed by atoms with Gasteiger partial charge in [-0.05, 0) is 115 Å². The van der Waals surface area contributed by atoms with Crippen LogP contribution in [0.25, 0.3) is 44.5 Å². The molecular weight excluding hydrogens is 727 g/mol. The van der Waals surface area contributed by atoms with E-state index in [0.29, 0.717) is 0 Å². The summed E-state index contributed by atoms with van der Waals surface area (Å²) in [5.41, 5.74) is 19.9. The fraction of sp³-hybridized carbons (Fsp3) is 0.0690. The third kappa shape index (κ3) is 4.94. The Morgan fingerprint density at radius 3 is 1.35 bits per heavy atom. The Morgan fingerprint density at radius 2 is 0.767 bits per heavy atom. The second-order valence-corrected chi connectivity index (χ2v) is 16.9. The van der Waals surface area contributed by atoms with E-state index in [-0.39, 0.29) is 5.41 Å². The topological polar surface area (TPSA) is 12.5 Å². The second kappa shape index (κ2) is 13.0. The first-order valence-electron chi connectivity index (χ1n) is 20.9. The molecule has 9 aromatic carbocycles. The Bertz CT molecular complexity index is 3060. The van der Waals surface area contributed by atoms with Crippen molar-refractivity contribution in [3.8, 4) is 56.0 Å². The van der Waals surface area contributed by atoms with Crippen LogP contribution in [0.1, 0.15) is 47.2 Å². The van der Waals surface area contributed by atoms with Crippen molar-refractivity contribution in [3.05, 3.63) is 246 Å². The molecule has 0 unspecified atom stereocenters. The average Bonchev–Trinajstić information content (AvgIpc) is 3.72. The summed E-state index contributed by atoms with van der Waals surface area (Å²) in [6.07, 6.45) is 0. The molecule has 0 amide bonds. The summed E-state index contributed by atoms with van der Waals surface area (Å²) in [5, 5.41) is 0. The molecule has 1 heterocycles. The standard InChI is InChI=1S/C58H41NO/c1-57(2)49-24-14-12-22-45(49)47-30-28-43(36-53(47)57)59(42-20-10-5-11-21-42)44-29-31-48-46-23-13-15-25-50(46)58(54(48)37-44)51-32-26-40(38-16-6-3-7-17-38)34-55(51)60-56-35-41(27-33-52(56)58)39-18-8-4-9-19-39/h3-37H,1-2H3.